The second-order valence-electron chi connectivity index (χ2n) is 7.44. The van der Waals surface area contributed by atoms with E-state index in [4.69, 9.17) is 0 Å². The summed E-state index contributed by atoms with van der Waals surface area (Å²) in [5.74, 6) is 0. The van der Waals surface area contributed by atoms with Gasteiger partial charge in [-0.05, 0) is 18.6 Å². The number of rotatable bonds is 5. The van der Waals surface area contributed by atoms with Crippen LogP contribution in [-0.2, 0) is 13.6 Å². The Kier molecular flexibility index (Phi) is 5.20. The summed E-state index contributed by atoms with van der Waals surface area (Å²) < 4.78 is 1.83. The maximum absolute atomic E-state index is 10.9. The summed E-state index contributed by atoms with van der Waals surface area (Å²) >= 11 is 0. The van der Waals surface area contributed by atoms with E-state index in [0.29, 0.717) is 6.04 Å². The Morgan fingerprint density at radius 3 is 2.67 bits per heavy atom. The molecule has 0 amide bonds. The van der Waals surface area contributed by atoms with Crippen LogP contribution < -0.4 is 5.32 Å². The summed E-state index contributed by atoms with van der Waals surface area (Å²) in [6, 6.07) is 7.31. The maximum atomic E-state index is 10.9. The fourth-order valence-corrected chi connectivity index (χ4v) is 4.18. The molecule has 8 heteroatoms. The topological polar surface area (TPSA) is 79.5 Å². The second-order valence-corrected chi connectivity index (χ2v) is 7.44. The van der Waals surface area contributed by atoms with Crippen molar-refractivity contribution >= 4 is 5.69 Å². The molecule has 0 aliphatic carbocycles. The average molecular weight is 370 g/mol. The zero-order chi connectivity index (χ0) is 18.8. The Hall–Kier alpha value is -2.29. The maximum Gasteiger partial charge on any atom is 0.269 e. The van der Waals surface area contributed by atoms with Crippen molar-refractivity contribution in [1.29, 1.82) is 0 Å². The third kappa shape index (κ3) is 4.02. The van der Waals surface area contributed by atoms with Crippen LogP contribution in [0.2, 0.25) is 0 Å². The molecule has 2 saturated heterocycles. The molecule has 1 atom stereocenters. The summed E-state index contributed by atoms with van der Waals surface area (Å²) in [6.45, 7) is 7.51. The molecule has 0 radical (unpaired) electrons. The Labute approximate surface area is 158 Å². The predicted octanol–water partition coefficient (Wildman–Crippen LogP) is 1.47. The van der Waals surface area contributed by atoms with E-state index in [1.165, 1.54) is 12.0 Å². The average Bonchev–Trinajstić information content (AvgIpc) is 3.29. The Morgan fingerprint density at radius 1 is 1.22 bits per heavy atom. The molecular weight excluding hydrogens is 344 g/mol. The number of aromatic nitrogens is 2. The van der Waals surface area contributed by atoms with E-state index in [1.807, 2.05) is 11.7 Å². The van der Waals surface area contributed by atoms with Crippen molar-refractivity contribution in [2.75, 3.05) is 39.3 Å². The van der Waals surface area contributed by atoms with Crippen LogP contribution in [0.3, 0.4) is 0 Å². The van der Waals surface area contributed by atoms with Gasteiger partial charge in [0.15, 0.2) is 0 Å². The fraction of sp³-hybridized carbons (Fsp3) is 0.526. The van der Waals surface area contributed by atoms with E-state index < -0.39 is 0 Å². The van der Waals surface area contributed by atoms with E-state index in [1.54, 1.807) is 24.3 Å². The van der Waals surface area contributed by atoms with Crippen molar-refractivity contribution in [3.05, 3.63) is 46.1 Å². The molecule has 1 unspecified atom stereocenters. The van der Waals surface area contributed by atoms with Crippen molar-refractivity contribution in [3.8, 4) is 11.3 Å². The number of non-ortho nitro benzene ring substituents is 1. The first kappa shape index (κ1) is 18.1. The molecule has 8 nitrogen and oxygen atoms in total. The number of hydrogen-bond acceptors (Lipinski definition) is 6. The summed E-state index contributed by atoms with van der Waals surface area (Å²) in [5.41, 5.74) is 3.12. The zero-order valence-electron chi connectivity index (χ0n) is 15.7. The van der Waals surface area contributed by atoms with Gasteiger partial charge in [-0.1, -0.05) is 0 Å². The van der Waals surface area contributed by atoms with Crippen molar-refractivity contribution in [2.24, 2.45) is 7.05 Å². The minimum absolute atomic E-state index is 0.106. The number of nitro benzene ring substituents is 1. The van der Waals surface area contributed by atoms with E-state index >= 15 is 0 Å². The smallest absolute Gasteiger partial charge is 0.269 e. The van der Waals surface area contributed by atoms with Crippen LogP contribution in [-0.4, -0.2) is 69.8 Å². The van der Waals surface area contributed by atoms with E-state index in [9.17, 15) is 10.1 Å². The van der Waals surface area contributed by atoms with Crippen molar-refractivity contribution in [1.82, 2.24) is 24.9 Å². The summed E-state index contributed by atoms with van der Waals surface area (Å²) in [7, 11) is 1.92. The molecule has 2 aliphatic heterocycles. The van der Waals surface area contributed by atoms with Gasteiger partial charge >= 0.3 is 0 Å². The van der Waals surface area contributed by atoms with Gasteiger partial charge < -0.3 is 5.32 Å². The molecule has 2 aromatic rings. The van der Waals surface area contributed by atoms with Gasteiger partial charge in [0.05, 0.1) is 10.6 Å². The lowest BCUT2D eigenvalue weighted by Crippen LogP contribution is -2.49. The van der Waals surface area contributed by atoms with Gasteiger partial charge in [0.25, 0.3) is 5.69 Å². The van der Waals surface area contributed by atoms with Gasteiger partial charge in [0, 0.05) is 88.4 Å². The zero-order valence-corrected chi connectivity index (χ0v) is 15.7. The lowest BCUT2D eigenvalue weighted by molar-refractivity contribution is -0.384. The SMILES string of the molecule is Cn1cc(CN2CCC(N3CCNCC3)C2)c(-c2ccc([N+](=O)[O-])cc2)n1. The van der Waals surface area contributed by atoms with E-state index in [-0.39, 0.29) is 10.6 Å². The first-order chi connectivity index (χ1) is 13.1. The normalized spacial score (nSPS) is 21.6. The molecule has 27 heavy (non-hydrogen) atoms. The number of benzene rings is 1. The number of nitrogens with one attached hydrogen (secondary N) is 1. The standard InChI is InChI=1S/C19H26N6O2/c1-22-12-16(19(21-22)15-2-4-17(5-3-15)25(26)27)13-23-9-6-18(14-23)24-10-7-20-8-11-24/h2-5,12,18,20H,6-11,13-14H2,1H3. The lowest BCUT2D eigenvalue weighted by atomic mass is 10.1. The van der Waals surface area contributed by atoms with Crippen LogP contribution in [0.4, 0.5) is 5.69 Å². The molecule has 1 aromatic heterocycles. The monoisotopic (exact) mass is 370 g/mol. The summed E-state index contributed by atoms with van der Waals surface area (Å²) in [4.78, 5) is 15.6. The highest BCUT2D eigenvalue weighted by molar-refractivity contribution is 5.64. The number of likely N-dealkylation sites (tertiary alicyclic amines) is 1. The number of nitro groups is 1. The molecule has 2 aliphatic rings. The molecule has 144 valence electrons. The Bertz CT molecular complexity index is 797. The quantitative estimate of drug-likeness (QED) is 0.634. The highest BCUT2D eigenvalue weighted by atomic mass is 16.6. The lowest BCUT2D eigenvalue weighted by Gasteiger charge is -2.32. The fourth-order valence-electron chi connectivity index (χ4n) is 4.18. The molecule has 0 bridgehead atoms. The third-order valence-corrected chi connectivity index (χ3v) is 5.57. The first-order valence-corrected chi connectivity index (χ1v) is 9.54. The minimum atomic E-state index is -0.371. The largest absolute Gasteiger partial charge is 0.314 e. The number of aryl methyl sites for hydroxylation is 1. The van der Waals surface area contributed by atoms with Crippen molar-refractivity contribution < 1.29 is 4.92 Å². The van der Waals surface area contributed by atoms with Crippen LogP contribution >= 0.6 is 0 Å². The van der Waals surface area contributed by atoms with Gasteiger partial charge in [-0.3, -0.25) is 24.6 Å². The molecule has 1 aromatic carbocycles. The van der Waals surface area contributed by atoms with Gasteiger partial charge in [-0.2, -0.15) is 5.10 Å². The van der Waals surface area contributed by atoms with Crippen LogP contribution in [0.15, 0.2) is 30.5 Å². The third-order valence-electron chi connectivity index (χ3n) is 5.57. The molecule has 0 saturated carbocycles. The predicted molar refractivity (Wildman–Crippen MR) is 103 cm³/mol. The van der Waals surface area contributed by atoms with E-state index in [2.05, 4.69) is 26.4 Å². The molecule has 2 fully saturated rings. The number of piperazine rings is 1. The van der Waals surface area contributed by atoms with Crippen LogP contribution in [0.25, 0.3) is 11.3 Å². The number of nitrogens with zero attached hydrogens (tertiary/aromatic N) is 5. The molecule has 4 rings (SSSR count). The molecular formula is C19H26N6O2. The Morgan fingerprint density at radius 2 is 1.96 bits per heavy atom. The molecule has 1 N–H and O–H groups in total. The Balaban J connectivity index is 1.46. The highest BCUT2D eigenvalue weighted by Crippen LogP contribution is 2.27. The first-order valence-electron chi connectivity index (χ1n) is 9.54. The molecule has 0 spiro atoms. The number of hydrogen-bond donors (Lipinski definition) is 1. The van der Waals surface area contributed by atoms with Gasteiger partial charge in [0.1, 0.15) is 0 Å². The molecule has 3 heterocycles. The van der Waals surface area contributed by atoms with E-state index in [0.717, 1.165) is 57.1 Å². The van der Waals surface area contributed by atoms with Crippen molar-refractivity contribution in [2.45, 2.75) is 19.0 Å². The van der Waals surface area contributed by atoms with Gasteiger partial charge in [-0.15, -0.1) is 0 Å². The second kappa shape index (κ2) is 7.75. The van der Waals surface area contributed by atoms with Crippen LogP contribution in [0.5, 0.6) is 0 Å². The summed E-state index contributed by atoms with van der Waals surface area (Å²) in [6.07, 6.45) is 3.28. The summed E-state index contributed by atoms with van der Waals surface area (Å²) in [5, 5.41) is 18.9. The minimum Gasteiger partial charge on any atom is -0.314 e. The van der Waals surface area contributed by atoms with Gasteiger partial charge in [0.2, 0.25) is 0 Å². The van der Waals surface area contributed by atoms with Crippen molar-refractivity contribution in [3.63, 3.8) is 0 Å². The van der Waals surface area contributed by atoms with Crippen LogP contribution in [0.1, 0.15) is 12.0 Å². The van der Waals surface area contributed by atoms with Gasteiger partial charge in [-0.25, -0.2) is 0 Å². The van der Waals surface area contributed by atoms with Crippen LogP contribution in [0, 0.1) is 10.1 Å². The highest BCUT2D eigenvalue weighted by Gasteiger charge is 2.29.